The third-order valence-corrected chi connectivity index (χ3v) is 4.21. The van der Waals surface area contributed by atoms with Crippen molar-refractivity contribution in [3.8, 4) is 0 Å². The maximum atomic E-state index is 13.3. The molecule has 0 saturated heterocycles. The predicted octanol–water partition coefficient (Wildman–Crippen LogP) is 4.21. The lowest BCUT2D eigenvalue weighted by Crippen LogP contribution is -2.30. The first kappa shape index (κ1) is 16.8. The summed E-state index contributed by atoms with van der Waals surface area (Å²) >= 11 is 0. The van der Waals surface area contributed by atoms with Crippen molar-refractivity contribution in [1.29, 1.82) is 0 Å². The van der Waals surface area contributed by atoms with Crippen LogP contribution in [0.25, 0.3) is 5.57 Å². The lowest BCUT2D eigenvalue weighted by Gasteiger charge is -2.17. The molecule has 0 aliphatic heterocycles. The van der Waals surface area contributed by atoms with E-state index in [0.717, 1.165) is 12.5 Å². The number of allylic oxidation sites excluding steroid dienone is 1. The van der Waals surface area contributed by atoms with E-state index in [-0.39, 0.29) is 10.3 Å². The van der Waals surface area contributed by atoms with Gasteiger partial charge in [-0.15, -0.1) is 0 Å². The number of benzene rings is 1. The second kappa shape index (κ2) is 6.04. The minimum atomic E-state index is -2.86. The minimum absolute atomic E-state index is 0.0281. The average molecular weight is 301 g/mol. The smallest absolute Gasteiger partial charge is 0.270 e. The fourth-order valence-corrected chi connectivity index (χ4v) is 2.08. The minimum Gasteiger partial charge on any atom is -0.311 e. The highest BCUT2D eigenvalue weighted by atomic mass is 32.2. The Labute approximate surface area is 121 Å². The predicted molar refractivity (Wildman–Crippen MR) is 80.7 cm³/mol. The summed E-state index contributed by atoms with van der Waals surface area (Å²) in [5, 5.41) is 0. The Morgan fingerprint density at radius 3 is 2.35 bits per heavy atom. The average Bonchev–Trinajstić information content (AvgIpc) is 2.33. The topological polar surface area (TPSA) is 29.1 Å². The molecule has 20 heavy (non-hydrogen) atoms. The van der Waals surface area contributed by atoms with E-state index in [1.165, 1.54) is 12.1 Å². The van der Waals surface area contributed by atoms with Crippen molar-refractivity contribution in [2.75, 3.05) is 0 Å². The zero-order chi connectivity index (χ0) is 15.6. The molecule has 0 fully saturated rings. The molecule has 0 aliphatic rings. The molecule has 0 heterocycles. The van der Waals surface area contributed by atoms with Crippen LogP contribution in [0.1, 0.15) is 45.7 Å². The molecule has 2 nitrogen and oxygen atoms in total. The first-order valence-corrected chi connectivity index (χ1v) is 7.50. The monoisotopic (exact) mass is 301 g/mol. The zero-order valence-corrected chi connectivity index (χ0v) is 13.3. The Morgan fingerprint density at radius 2 is 1.85 bits per heavy atom. The van der Waals surface area contributed by atoms with E-state index >= 15 is 0 Å². The number of hydrogen-bond donors (Lipinski definition) is 1. The summed E-state index contributed by atoms with van der Waals surface area (Å²) in [7, 11) is -1.23. The van der Waals surface area contributed by atoms with Crippen molar-refractivity contribution >= 4 is 16.6 Å². The molecular weight excluding hydrogens is 280 g/mol. The Balaban J connectivity index is 2.93. The van der Waals surface area contributed by atoms with Crippen molar-refractivity contribution < 1.29 is 13.0 Å². The molecule has 1 N–H and O–H groups in total. The molecule has 0 bridgehead atoms. The molecule has 0 unspecified atom stereocenters. The Hall–Kier alpha value is -1.23. The second-order valence-electron chi connectivity index (χ2n) is 5.80. The van der Waals surface area contributed by atoms with Crippen LogP contribution in [0, 0.1) is 0 Å². The molecular formula is C15H21F2NOS. The van der Waals surface area contributed by atoms with Crippen LogP contribution in [-0.4, -0.2) is 8.96 Å². The van der Waals surface area contributed by atoms with Crippen LogP contribution in [0.5, 0.6) is 0 Å². The summed E-state index contributed by atoms with van der Waals surface area (Å²) in [5.41, 5.74) is 1.41. The van der Waals surface area contributed by atoms with Gasteiger partial charge < -0.3 is 4.72 Å². The van der Waals surface area contributed by atoms with Gasteiger partial charge in [0.25, 0.3) is 5.92 Å². The van der Waals surface area contributed by atoms with Gasteiger partial charge in [0, 0.05) is 18.7 Å². The van der Waals surface area contributed by atoms with Crippen LogP contribution in [0.4, 0.5) is 8.78 Å². The van der Waals surface area contributed by atoms with Crippen molar-refractivity contribution in [1.82, 2.24) is 4.72 Å². The van der Waals surface area contributed by atoms with Crippen LogP contribution in [0.15, 0.2) is 30.5 Å². The van der Waals surface area contributed by atoms with Gasteiger partial charge in [0.1, 0.15) is 11.0 Å². The van der Waals surface area contributed by atoms with E-state index in [1.807, 2.05) is 20.8 Å². The van der Waals surface area contributed by atoms with Crippen molar-refractivity contribution in [3.05, 3.63) is 41.6 Å². The number of alkyl halides is 2. The van der Waals surface area contributed by atoms with Crippen LogP contribution in [0.2, 0.25) is 0 Å². The summed E-state index contributed by atoms with van der Waals surface area (Å²) in [6, 6.07) is 6.20. The summed E-state index contributed by atoms with van der Waals surface area (Å²) in [4.78, 5) is 0. The standard InChI is InChI=1S/C15H21F2NOS/c1-11(10-18-20(19)14(2,3)4)12-7-6-8-13(9-12)15(5,16)17/h6-10,18H,1-5H3/t20-/m1/s1. The molecule has 1 aromatic rings. The van der Waals surface area contributed by atoms with Crippen molar-refractivity contribution in [2.24, 2.45) is 0 Å². The van der Waals surface area contributed by atoms with Crippen LogP contribution < -0.4 is 4.72 Å². The van der Waals surface area contributed by atoms with E-state index in [9.17, 15) is 13.0 Å². The fourth-order valence-electron chi connectivity index (χ4n) is 1.44. The Kier molecular flexibility index (Phi) is 5.08. The molecule has 0 amide bonds. The number of halogens is 2. The highest BCUT2D eigenvalue weighted by Crippen LogP contribution is 2.28. The van der Waals surface area contributed by atoms with Crippen LogP contribution >= 0.6 is 0 Å². The van der Waals surface area contributed by atoms with E-state index < -0.39 is 16.9 Å². The van der Waals surface area contributed by atoms with Crippen molar-refractivity contribution in [3.63, 3.8) is 0 Å². The highest BCUT2D eigenvalue weighted by Gasteiger charge is 2.24. The quantitative estimate of drug-likeness (QED) is 0.886. The second-order valence-corrected chi connectivity index (χ2v) is 7.79. The lowest BCUT2D eigenvalue weighted by atomic mass is 10.0. The highest BCUT2D eigenvalue weighted by molar-refractivity contribution is 7.84. The first-order chi connectivity index (χ1) is 9.01. The van der Waals surface area contributed by atoms with Crippen molar-refractivity contribution in [2.45, 2.75) is 45.3 Å². The Morgan fingerprint density at radius 1 is 1.25 bits per heavy atom. The number of rotatable bonds is 4. The molecule has 0 spiro atoms. The third kappa shape index (κ3) is 4.71. The maximum absolute atomic E-state index is 13.3. The van der Waals surface area contributed by atoms with Crippen LogP contribution in [-0.2, 0) is 16.9 Å². The number of hydrogen-bond acceptors (Lipinski definition) is 1. The third-order valence-electron chi connectivity index (χ3n) is 2.76. The first-order valence-electron chi connectivity index (χ1n) is 6.35. The lowest BCUT2D eigenvalue weighted by molar-refractivity contribution is 0.0174. The molecule has 0 aromatic heterocycles. The summed E-state index contributed by atoms with van der Waals surface area (Å²) in [5.74, 6) is -2.86. The van der Waals surface area contributed by atoms with Gasteiger partial charge in [-0.05, 0) is 44.9 Å². The van der Waals surface area contributed by atoms with E-state index in [4.69, 9.17) is 0 Å². The SMILES string of the molecule is CC(=CN[S@](=O)C(C)(C)C)c1cccc(C(C)(F)F)c1. The van der Waals surface area contributed by atoms with Gasteiger partial charge >= 0.3 is 0 Å². The molecule has 0 radical (unpaired) electrons. The Bertz CT molecular complexity index is 527. The molecule has 1 aromatic carbocycles. The van der Waals surface area contributed by atoms with Crippen LogP contribution in [0.3, 0.4) is 0 Å². The summed E-state index contributed by atoms with van der Waals surface area (Å²) in [6.45, 7) is 8.24. The molecule has 5 heteroatoms. The molecule has 0 aliphatic carbocycles. The molecule has 1 rings (SSSR count). The zero-order valence-electron chi connectivity index (χ0n) is 12.5. The number of nitrogens with one attached hydrogen (secondary N) is 1. The van der Waals surface area contributed by atoms with Gasteiger partial charge in [-0.2, -0.15) is 0 Å². The molecule has 112 valence electrons. The largest absolute Gasteiger partial charge is 0.311 e. The molecule has 0 saturated carbocycles. The normalized spacial score (nSPS) is 15.1. The maximum Gasteiger partial charge on any atom is 0.270 e. The van der Waals surface area contributed by atoms with Gasteiger partial charge in [0.2, 0.25) is 0 Å². The van der Waals surface area contributed by atoms with E-state index in [1.54, 1.807) is 25.3 Å². The fraction of sp³-hybridized carbons (Fsp3) is 0.467. The summed E-state index contributed by atoms with van der Waals surface area (Å²) < 4.78 is 40.9. The van der Waals surface area contributed by atoms with Gasteiger partial charge in [0.05, 0.1) is 4.75 Å². The van der Waals surface area contributed by atoms with Gasteiger partial charge in [-0.3, -0.25) is 0 Å². The summed E-state index contributed by atoms with van der Waals surface area (Å²) in [6.07, 6.45) is 1.61. The molecule has 1 atom stereocenters. The van der Waals surface area contributed by atoms with Gasteiger partial charge in [-0.25, -0.2) is 13.0 Å². The van der Waals surface area contributed by atoms with E-state index in [2.05, 4.69) is 4.72 Å². The van der Waals surface area contributed by atoms with E-state index in [0.29, 0.717) is 5.56 Å². The van der Waals surface area contributed by atoms with Gasteiger partial charge in [-0.1, -0.05) is 18.2 Å². The van der Waals surface area contributed by atoms with Gasteiger partial charge in [0.15, 0.2) is 0 Å².